The Kier molecular flexibility index (Phi) is 5.39. The standard InChI is InChI=1S/C19H24N2O3S/c1-12(2)10-21-16-9-14(5-6-17(16)24-13(3)19(21)22)15-11-25-18(20-15)7-8-23-4/h5-6,9,11-13H,7-8,10H2,1-4H3. The van der Waals surface area contributed by atoms with Gasteiger partial charge in [0.1, 0.15) is 5.75 Å². The molecule has 0 saturated carbocycles. The Hall–Kier alpha value is -1.92. The maximum Gasteiger partial charge on any atom is 0.267 e. The number of carbonyl (C=O) groups is 1. The van der Waals surface area contributed by atoms with Gasteiger partial charge in [-0.15, -0.1) is 11.3 Å². The number of fused-ring (bicyclic) bond motifs is 1. The van der Waals surface area contributed by atoms with Gasteiger partial charge in [-0.3, -0.25) is 4.79 Å². The van der Waals surface area contributed by atoms with Crippen molar-refractivity contribution in [2.75, 3.05) is 25.2 Å². The van der Waals surface area contributed by atoms with Crippen molar-refractivity contribution in [2.24, 2.45) is 5.92 Å². The van der Waals surface area contributed by atoms with Gasteiger partial charge in [-0.1, -0.05) is 13.8 Å². The molecule has 0 aliphatic carbocycles. The largest absolute Gasteiger partial charge is 0.479 e. The molecule has 0 fully saturated rings. The summed E-state index contributed by atoms with van der Waals surface area (Å²) in [6.45, 7) is 7.37. The molecular weight excluding hydrogens is 336 g/mol. The van der Waals surface area contributed by atoms with Crippen LogP contribution in [0.15, 0.2) is 23.6 Å². The SMILES string of the molecule is COCCc1nc(-c2ccc3c(c2)N(CC(C)C)C(=O)C(C)O3)cs1. The van der Waals surface area contributed by atoms with Crippen LogP contribution in [-0.2, 0) is 16.0 Å². The zero-order valence-corrected chi connectivity index (χ0v) is 15.9. The van der Waals surface area contributed by atoms with Crippen molar-refractivity contribution in [2.45, 2.75) is 33.3 Å². The van der Waals surface area contributed by atoms with Gasteiger partial charge < -0.3 is 14.4 Å². The van der Waals surface area contributed by atoms with Gasteiger partial charge in [0.05, 0.1) is 23.0 Å². The van der Waals surface area contributed by atoms with E-state index in [4.69, 9.17) is 9.47 Å². The third kappa shape index (κ3) is 3.85. The number of aromatic nitrogens is 1. The zero-order valence-electron chi connectivity index (χ0n) is 15.1. The Bertz CT molecular complexity index is 757. The van der Waals surface area contributed by atoms with E-state index in [0.717, 1.165) is 34.1 Å². The first-order valence-electron chi connectivity index (χ1n) is 8.55. The lowest BCUT2D eigenvalue weighted by Crippen LogP contribution is -2.46. The quantitative estimate of drug-likeness (QED) is 0.787. The molecule has 3 rings (SSSR count). The number of anilines is 1. The molecule has 1 aliphatic heterocycles. The van der Waals surface area contributed by atoms with Crippen molar-refractivity contribution in [1.82, 2.24) is 4.98 Å². The molecule has 2 aromatic rings. The maximum atomic E-state index is 12.6. The summed E-state index contributed by atoms with van der Waals surface area (Å²) in [4.78, 5) is 19.1. The Labute approximate surface area is 152 Å². The van der Waals surface area contributed by atoms with Crippen LogP contribution in [0.1, 0.15) is 25.8 Å². The number of rotatable bonds is 6. The molecule has 1 aliphatic rings. The molecule has 0 saturated heterocycles. The molecular formula is C19H24N2O3S. The molecule has 1 aromatic heterocycles. The lowest BCUT2D eigenvalue weighted by molar-refractivity contribution is -0.125. The van der Waals surface area contributed by atoms with Crippen molar-refractivity contribution < 1.29 is 14.3 Å². The second kappa shape index (κ2) is 7.54. The van der Waals surface area contributed by atoms with E-state index in [9.17, 15) is 4.79 Å². The van der Waals surface area contributed by atoms with E-state index in [1.807, 2.05) is 28.5 Å². The van der Waals surface area contributed by atoms with Gasteiger partial charge in [-0.2, -0.15) is 0 Å². The van der Waals surface area contributed by atoms with E-state index < -0.39 is 6.10 Å². The average Bonchev–Trinajstić information content (AvgIpc) is 3.05. The van der Waals surface area contributed by atoms with Crippen LogP contribution >= 0.6 is 11.3 Å². The van der Waals surface area contributed by atoms with E-state index >= 15 is 0 Å². The van der Waals surface area contributed by atoms with Crippen molar-refractivity contribution in [3.63, 3.8) is 0 Å². The molecule has 1 amide bonds. The second-order valence-electron chi connectivity index (χ2n) is 6.65. The molecule has 1 unspecified atom stereocenters. The van der Waals surface area contributed by atoms with E-state index in [1.54, 1.807) is 25.4 Å². The van der Waals surface area contributed by atoms with Gasteiger partial charge in [-0.05, 0) is 31.0 Å². The van der Waals surface area contributed by atoms with E-state index in [1.165, 1.54) is 0 Å². The minimum absolute atomic E-state index is 0.0115. The van der Waals surface area contributed by atoms with Gasteiger partial charge >= 0.3 is 0 Å². The topological polar surface area (TPSA) is 51.7 Å². The Morgan fingerprint density at radius 3 is 2.92 bits per heavy atom. The number of hydrogen-bond acceptors (Lipinski definition) is 5. The highest BCUT2D eigenvalue weighted by Crippen LogP contribution is 2.38. The lowest BCUT2D eigenvalue weighted by Gasteiger charge is -2.34. The molecule has 0 spiro atoms. The number of benzene rings is 1. The molecule has 25 heavy (non-hydrogen) atoms. The number of amides is 1. The number of ether oxygens (including phenoxy) is 2. The summed E-state index contributed by atoms with van der Waals surface area (Å²) in [5, 5.41) is 3.10. The van der Waals surface area contributed by atoms with Gasteiger partial charge in [0.2, 0.25) is 0 Å². The molecule has 1 aromatic carbocycles. The van der Waals surface area contributed by atoms with Crippen LogP contribution in [0, 0.1) is 5.92 Å². The van der Waals surface area contributed by atoms with Crippen LogP contribution in [0.25, 0.3) is 11.3 Å². The predicted molar refractivity (Wildman–Crippen MR) is 100 cm³/mol. The van der Waals surface area contributed by atoms with Crippen molar-refractivity contribution in [3.05, 3.63) is 28.6 Å². The van der Waals surface area contributed by atoms with Crippen LogP contribution in [-0.4, -0.2) is 37.3 Å². The number of nitrogens with zero attached hydrogens (tertiary/aromatic N) is 2. The highest BCUT2D eigenvalue weighted by Gasteiger charge is 2.32. The van der Waals surface area contributed by atoms with E-state index in [0.29, 0.717) is 19.1 Å². The zero-order chi connectivity index (χ0) is 18.0. The maximum absolute atomic E-state index is 12.6. The Morgan fingerprint density at radius 2 is 2.20 bits per heavy atom. The fourth-order valence-corrected chi connectivity index (χ4v) is 3.66. The fourth-order valence-electron chi connectivity index (χ4n) is 2.87. The van der Waals surface area contributed by atoms with Gasteiger partial charge in [0, 0.05) is 31.0 Å². The molecule has 2 heterocycles. The first kappa shape index (κ1) is 17.9. The van der Waals surface area contributed by atoms with E-state index in [-0.39, 0.29) is 5.91 Å². The molecule has 0 N–H and O–H groups in total. The molecule has 0 radical (unpaired) electrons. The van der Waals surface area contributed by atoms with Crippen molar-refractivity contribution in [3.8, 4) is 17.0 Å². The summed E-state index contributed by atoms with van der Waals surface area (Å²) in [6, 6.07) is 5.95. The second-order valence-corrected chi connectivity index (χ2v) is 7.60. The minimum atomic E-state index is -0.447. The van der Waals surface area contributed by atoms with Gasteiger partial charge in [-0.25, -0.2) is 4.98 Å². The number of thiazole rings is 1. The summed E-state index contributed by atoms with van der Waals surface area (Å²) >= 11 is 1.63. The molecule has 6 heteroatoms. The summed E-state index contributed by atoms with van der Waals surface area (Å²) < 4.78 is 10.9. The summed E-state index contributed by atoms with van der Waals surface area (Å²) in [7, 11) is 1.69. The summed E-state index contributed by atoms with van der Waals surface area (Å²) in [5.74, 6) is 1.15. The van der Waals surface area contributed by atoms with Crippen molar-refractivity contribution in [1.29, 1.82) is 0 Å². The fraction of sp³-hybridized carbons (Fsp3) is 0.474. The number of hydrogen-bond donors (Lipinski definition) is 0. The molecule has 134 valence electrons. The monoisotopic (exact) mass is 360 g/mol. The van der Waals surface area contributed by atoms with Gasteiger partial charge in [0.15, 0.2) is 6.10 Å². The molecule has 0 bridgehead atoms. The summed E-state index contributed by atoms with van der Waals surface area (Å²) in [5.41, 5.74) is 2.76. The third-order valence-corrected chi connectivity index (χ3v) is 4.99. The third-order valence-electron chi connectivity index (χ3n) is 4.08. The lowest BCUT2D eigenvalue weighted by atomic mass is 10.1. The smallest absolute Gasteiger partial charge is 0.267 e. The molecule has 1 atom stereocenters. The first-order chi connectivity index (χ1) is 12.0. The minimum Gasteiger partial charge on any atom is -0.479 e. The van der Waals surface area contributed by atoms with Crippen LogP contribution in [0.4, 0.5) is 5.69 Å². The van der Waals surface area contributed by atoms with Crippen LogP contribution in [0.2, 0.25) is 0 Å². The van der Waals surface area contributed by atoms with Gasteiger partial charge in [0.25, 0.3) is 5.91 Å². The highest BCUT2D eigenvalue weighted by molar-refractivity contribution is 7.09. The van der Waals surface area contributed by atoms with E-state index in [2.05, 4.69) is 18.8 Å². The predicted octanol–water partition coefficient (Wildman–Crippen LogP) is 3.77. The number of methoxy groups -OCH3 is 1. The normalized spacial score (nSPS) is 16.9. The first-order valence-corrected chi connectivity index (χ1v) is 9.43. The van der Waals surface area contributed by atoms with Crippen LogP contribution in [0.3, 0.4) is 0 Å². The average molecular weight is 360 g/mol. The van der Waals surface area contributed by atoms with Crippen LogP contribution in [0.5, 0.6) is 5.75 Å². The Balaban J connectivity index is 1.93. The molecule has 5 nitrogen and oxygen atoms in total. The van der Waals surface area contributed by atoms with Crippen LogP contribution < -0.4 is 9.64 Å². The Morgan fingerprint density at radius 1 is 1.40 bits per heavy atom. The highest BCUT2D eigenvalue weighted by atomic mass is 32.1. The summed E-state index contributed by atoms with van der Waals surface area (Å²) in [6.07, 6.45) is 0.363. The van der Waals surface area contributed by atoms with Crippen molar-refractivity contribution >= 4 is 22.9 Å². The number of carbonyl (C=O) groups excluding carboxylic acids is 1.